The normalized spacial score (nSPS) is 10.5. The number of benzene rings is 3. The Morgan fingerprint density at radius 1 is 0.615 bits per heavy atom. The third kappa shape index (κ3) is 5.36. The van der Waals surface area contributed by atoms with Gasteiger partial charge in [0.05, 0.1) is 0 Å². The zero-order chi connectivity index (χ0) is 18.0. The summed E-state index contributed by atoms with van der Waals surface area (Å²) in [5, 5.41) is 7.35. The van der Waals surface area contributed by atoms with Gasteiger partial charge in [0, 0.05) is 6.42 Å². The van der Waals surface area contributed by atoms with Crippen molar-refractivity contribution in [2.24, 2.45) is 0 Å². The van der Waals surface area contributed by atoms with Gasteiger partial charge in [-0.2, -0.15) is 0 Å². The van der Waals surface area contributed by atoms with Gasteiger partial charge in [0.15, 0.2) is 11.5 Å². The molecular formula is C23H25O3+. The molecule has 3 aromatic rings. The van der Waals surface area contributed by atoms with E-state index in [-0.39, 0.29) is 0 Å². The van der Waals surface area contributed by atoms with Gasteiger partial charge >= 0.3 is 0 Å². The zero-order valence-electron chi connectivity index (χ0n) is 14.9. The molecule has 134 valence electrons. The lowest BCUT2D eigenvalue weighted by Gasteiger charge is -2.14. The van der Waals surface area contributed by atoms with Crippen LogP contribution in [-0.2, 0) is 19.6 Å². The van der Waals surface area contributed by atoms with E-state index in [1.165, 1.54) is 5.56 Å². The molecule has 0 aliphatic heterocycles. The van der Waals surface area contributed by atoms with Crippen LogP contribution in [0.2, 0.25) is 0 Å². The molecule has 0 unspecified atom stereocenters. The molecule has 0 saturated carbocycles. The molecule has 0 spiro atoms. The summed E-state index contributed by atoms with van der Waals surface area (Å²) in [4.78, 5) is 0. The van der Waals surface area contributed by atoms with E-state index < -0.39 is 0 Å². The number of rotatable bonds is 9. The second kappa shape index (κ2) is 9.64. The van der Waals surface area contributed by atoms with E-state index in [0.717, 1.165) is 35.5 Å². The van der Waals surface area contributed by atoms with Crippen molar-refractivity contribution in [2.75, 3.05) is 6.61 Å². The van der Waals surface area contributed by atoms with Crippen molar-refractivity contribution in [3.05, 3.63) is 95.6 Å². The minimum absolute atomic E-state index is 0.437. The van der Waals surface area contributed by atoms with E-state index in [1.54, 1.807) is 0 Å². The van der Waals surface area contributed by atoms with Crippen LogP contribution < -0.4 is 9.47 Å². The van der Waals surface area contributed by atoms with Crippen LogP contribution in [0.25, 0.3) is 0 Å². The Morgan fingerprint density at radius 3 is 1.77 bits per heavy atom. The molecule has 0 heterocycles. The average Bonchev–Trinajstić information content (AvgIpc) is 2.71. The summed E-state index contributed by atoms with van der Waals surface area (Å²) in [7, 11) is 0. The van der Waals surface area contributed by atoms with Gasteiger partial charge < -0.3 is 14.6 Å². The van der Waals surface area contributed by atoms with Gasteiger partial charge in [-0.1, -0.05) is 66.7 Å². The fourth-order valence-corrected chi connectivity index (χ4v) is 2.70. The highest BCUT2D eigenvalue weighted by Gasteiger charge is 2.08. The Bertz CT molecular complexity index is 785. The molecule has 3 heteroatoms. The van der Waals surface area contributed by atoms with Crippen molar-refractivity contribution in [2.45, 2.75) is 26.1 Å². The van der Waals surface area contributed by atoms with E-state index in [9.17, 15) is 0 Å². The van der Waals surface area contributed by atoms with Crippen LogP contribution in [0.5, 0.6) is 11.5 Å². The largest absolute Gasteiger partial charge is 0.485 e. The topological polar surface area (TPSA) is 41.4 Å². The van der Waals surface area contributed by atoms with Crippen LogP contribution in [0.1, 0.15) is 23.1 Å². The fraction of sp³-hybridized carbons (Fsp3) is 0.217. The average molecular weight is 349 g/mol. The highest BCUT2D eigenvalue weighted by molar-refractivity contribution is 5.43. The van der Waals surface area contributed by atoms with Crippen molar-refractivity contribution in [3.8, 4) is 11.5 Å². The van der Waals surface area contributed by atoms with Crippen LogP contribution in [0.4, 0.5) is 0 Å². The monoisotopic (exact) mass is 349 g/mol. The molecule has 0 aliphatic carbocycles. The number of hydrogen-bond donors (Lipinski definition) is 0. The summed E-state index contributed by atoms with van der Waals surface area (Å²) >= 11 is 0. The minimum atomic E-state index is 0.437. The number of aryl methyl sites for hydroxylation is 1. The molecular weight excluding hydrogens is 324 g/mol. The lowest BCUT2D eigenvalue weighted by molar-refractivity contribution is 0.255. The molecule has 0 amide bonds. The Morgan fingerprint density at radius 2 is 1.19 bits per heavy atom. The van der Waals surface area contributed by atoms with Gasteiger partial charge in [-0.05, 0) is 35.2 Å². The molecule has 3 rings (SSSR count). The van der Waals surface area contributed by atoms with Gasteiger partial charge in [-0.15, -0.1) is 0 Å². The maximum Gasteiger partial charge on any atom is 0.161 e. The summed E-state index contributed by atoms with van der Waals surface area (Å²) < 4.78 is 12.1. The summed E-state index contributed by atoms with van der Waals surface area (Å²) in [5.41, 5.74) is 3.42. The summed E-state index contributed by atoms with van der Waals surface area (Å²) in [5.74, 6) is 1.51. The van der Waals surface area contributed by atoms with Crippen LogP contribution in [0.3, 0.4) is 0 Å². The molecule has 0 fully saturated rings. The van der Waals surface area contributed by atoms with Gasteiger partial charge in [0.1, 0.15) is 19.8 Å². The van der Waals surface area contributed by atoms with E-state index in [1.807, 2.05) is 60.7 Å². The first-order valence-corrected chi connectivity index (χ1v) is 8.96. The van der Waals surface area contributed by atoms with Crippen LogP contribution in [-0.4, -0.2) is 11.7 Å². The molecule has 26 heavy (non-hydrogen) atoms. The smallest absolute Gasteiger partial charge is 0.161 e. The van der Waals surface area contributed by atoms with Crippen molar-refractivity contribution in [1.29, 1.82) is 0 Å². The van der Waals surface area contributed by atoms with E-state index in [0.29, 0.717) is 19.8 Å². The highest BCUT2D eigenvalue weighted by Crippen LogP contribution is 2.30. The molecule has 0 aromatic heterocycles. The van der Waals surface area contributed by atoms with Crippen molar-refractivity contribution in [1.82, 2.24) is 0 Å². The second-order valence-corrected chi connectivity index (χ2v) is 6.18. The molecule has 0 bridgehead atoms. The van der Waals surface area contributed by atoms with Gasteiger partial charge in [0.25, 0.3) is 0 Å². The van der Waals surface area contributed by atoms with E-state index in [4.69, 9.17) is 14.6 Å². The number of ether oxygens (including phenoxy) is 2. The number of hydrogen-bond acceptors (Lipinski definition) is 2. The maximum atomic E-state index is 7.35. The maximum absolute atomic E-state index is 7.35. The first-order valence-electron chi connectivity index (χ1n) is 8.96. The molecule has 0 radical (unpaired) electrons. The molecule has 0 aliphatic rings. The third-order valence-electron chi connectivity index (χ3n) is 4.12. The quantitative estimate of drug-likeness (QED) is 0.534. The Balaban J connectivity index is 1.73. The zero-order valence-corrected chi connectivity index (χ0v) is 14.9. The molecule has 0 atom stereocenters. The SMILES string of the molecule is [OH2+]CCCc1ccc(OCc2ccccc2)c(OCc2ccccc2)c1. The lowest BCUT2D eigenvalue weighted by atomic mass is 10.1. The molecule has 3 nitrogen and oxygen atoms in total. The molecule has 0 saturated heterocycles. The van der Waals surface area contributed by atoms with Gasteiger partial charge in [-0.25, -0.2) is 0 Å². The Labute approximate surface area is 154 Å². The molecule has 3 aromatic carbocycles. The lowest BCUT2D eigenvalue weighted by Crippen LogP contribution is -2.01. The van der Waals surface area contributed by atoms with Gasteiger partial charge in [0.2, 0.25) is 0 Å². The first kappa shape index (κ1) is 18.0. The van der Waals surface area contributed by atoms with Crippen LogP contribution >= 0.6 is 0 Å². The Hall–Kier alpha value is -2.78. The highest BCUT2D eigenvalue weighted by atomic mass is 16.5. The minimum Gasteiger partial charge on any atom is -0.485 e. The fourth-order valence-electron chi connectivity index (χ4n) is 2.70. The van der Waals surface area contributed by atoms with E-state index in [2.05, 4.69) is 18.2 Å². The standard InChI is InChI=1S/C23H24O3/c24-15-7-12-19-13-14-22(25-17-20-8-3-1-4-9-20)23(16-19)26-18-21-10-5-2-6-11-21/h1-6,8-11,13-14,16,24H,7,12,15,17-18H2/p+1. The van der Waals surface area contributed by atoms with Crippen molar-refractivity contribution < 1.29 is 14.6 Å². The summed E-state index contributed by atoms with van der Waals surface area (Å²) in [6.07, 6.45) is 1.73. The van der Waals surface area contributed by atoms with Crippen LogP contribution in [0.15, 0.2) is 78.9 Å². The second-order valence-electron chi connectivity index (χ2n) is 6.18. The Kier molecular flexibility index (Phi) is 6.68. The third-order valence-corrected chi connectivity index (χ3v) is 4.12. The van der Waals surface area contributed by atoms with Crippen molar-refractivity contribution >= 4 is 0 Å². The van der Waals surface area contributed by atoms with E-state index >= 15 is 0 Å². The predicted octanol–water partition coefficient (Wildman–Crippen LogP) is 4.50. The van der Waals surface area contributed by atoms with Crippen molar-refractivity contribution in [3.63, 3.8) is 0 Å². The van der Waals surface area contributed by atoms with Crippen LogP contribution in [0, 0.1) is 0 Å². The summed E-state index contributed by atoms with van der Waals surface area (Å²) in [6, 6.07) is 26.3. The predicted molar refractivity (Wildman–Crippen MR) is 105 cm³/mol. The summed E-state index contributed by atoms with van der Waals surface area (Å²) in [6.45, 7) is 1.45. The molecule has 2 N–H and O–H groups in total. The van der Waals surface area contributed by atoms with Gasteiger partial charge in [-0.3, -0.25) is 0 Å². The first-order chi connectivity index (χ1) is 12.8.